The Bertz CT molecular complexity index is 351. The Morgan fingerprint density at radius 3 is 2.86 bits per heavy atom. The number of nitrogens with zero attached hydrogens (tertiary/aromatic N) is 1. The smallest absolute Gasteiger partial charge is 0.191 e. The van der Waals surface area contributed by atoms with Crippen molar-refractivity contribution in [3.8, 4) is 0 Å². The van der Waals surface area contributed by atoms with Crippen LogP contribution >= 0.6 is 0 Å². The van der Waals surface area contributed by atoms with E-state index in [4.69, 9.17) is 9.47 Å². The minimum Gasteiger partial charge on any atom is -0.388 e. The highest BCUT2D eigenvalue weighted by atomic mass is 16.5. The summed E-state index contributed by atoms with van der Waals surface area (Å²) in [6, 6.07) is 0.164. The maximum atomic E-state index is 10.4. The van der Waals surface area contributed by atoms with Gasteiger partial charge in [0.05, 0.1) is 31.5 Å². The summed E-state index contributed by atoms with van der Waals surface area (Å²) < 4.78 is 11.1. The van der Waals surface area contributed by atoms with Crippen LogP contribution in [-0.4, -0.2) is 61.7 Å². The van der Waals surface area contributed by atoms with Gasteiger partial charge in [-0.3, -0.25) is 4.99 Å². The van der Waals surface area contributed by atoms with Crippen molar-refractivity contribution in [1.82, 2.24) is 10.6 Å². The van der Waals surface area contributed by atoms with Gasteiger partial charge in [0.2, 0.25) is 0 Å². The first-order valence-corrected chi connectivity index (χ1v) is 8.58. The molecule has 0 aromatic rings. The van der Waals surface area contributed by atoms with Crippen LogP contribution in [0.1, 0.15) is 46.0 Å². The summed E-state index contributed by atoms with van der Waals surface area (Å²) in [4.78, 5) is 4.55. The molecule has 6 heteroatoms. The Labute approximate surface area is 133 Å². The first-order valence-electron chi connectivity index (χ1n) is 8.58. The third kappa shape index (κ3) is 5.74. The Kier molecular flexibility index (Phi) is 6.92. The largest absolute Gasteiger partial charge is 0.388 e. The molecule has 0 bridgehead atoms. The monoisotopic (exact) mass is 313 g/mol. The van der Waals surface area contributed by atoms with Crippen LogP contribution in [0.25, 0.3) is 0 Å². The third-order valence-corrected chi connectivity index (χ3v) is 4.26. The van der Waals surface area contributed by atoms with E-state index in [0.717, 1.165) is 51.2 Å². The van der Waals surface area contributed by atoms with Gasteiger partial charge < -0.3 is 25.2 Å². The molecular weight excluding hydrogens is 282 g/mol. The number of guanidine groups is 1. The lowest BCUT2D eigenvalue weighted by molar-refractivity contribution is 0.0346. The average Bonchev–Trinajstić information content (AvgIpc) is 3.15. The van der Waals surface area contributed by atoms with Crippen molar-refractivity contribution < 1.29 is 14.6 Å². The molecule has 128 valence electrons. The molecule has 1 aliphatic heterocycles. The van der Waals surface area contributed by atoms with Crippen LogP contribution in [0.3, 0.4) is 0 Å². The van der Waals surface area contributed by atoms with Gasteiger partial charge >= 0.3 is 0 Å². The molecule has 2 rings (SSSR count). The van der Waals surface area contributed by atoms with Crippen LogP contribution in [-0.2, 0) is 9.47 Å². The summed E-state index contributed by atoms with van der Waals surface area (Å²) in [5.74, 6) is 0.751. The molecule has 0 radical (unpaired) electrons. The van der Waals surface area contributed by atoms with Crippen LogP contribution in [0.15, 0.2) is 4.99 Å². The third-order valence-electron chi connectivity index (χ3n) is 4.26. The predicted octanol–water partition coefficient (Wildman–Crippen LogP) is 1.04. The van der Waals surface area contributed by atoms with Crippen molar-refractivity contribution in [1.29, 1.82) is 0 Å². The summed E-state index contributed by atoms with van der Waals surface area (Å²) in [5.41, 5.74) is -0.608. The molecule has 0 amide bonds. The van der Waals surface area contributed by atoms with Crippen LogP contribution in [0.5, 0.6) is 0 Å². The molecule has 1 aliphatic carbocycles. The maximum Gasteiger partial charge on any atom is 0.191 e. The number of hydrogen-bond acceptors (Lipinski definition) is 4. The molecule has 1 saturated carbocycles. The average molecular weight is 313 g/mol. The fraction of sp³-hybridized carbons (Fsp3) is 0.938. The highest BCUT2D eigenvalue weighted by Gasteiger charge is 2.30. The molecule has 2 fully saturated rings. The fourth-order valence-electron chi connectivity index (χ4n) is 2.94. The first kappa shape index (κ1) is 17.5. The van der Waals surface area contributed by atoms with Gasteiger partial charge in [0.15, 0.2) is 5.96 Å². The topological polar surface area (TPSA) is 75.1 Å². The zero-order valence-electron chi connectivity index (χ0n) is 13.9. The lowest BCUT2D eigenvalue weighted by atomic mass is 10.0. The second kappa shape index (κ2) is 8.70. The van der Waals surface area contributed by atoms with Crippen molar-refractivity contribution in [2.24, 2.45) is 4.99 Å². The quantitative estimate of drug-likeness (QED) is 0.484. The van der Waals surface area contributed by atoms with Crippen molar-refractivity contribution in [3.05, 3.63) is 0 Å². The second-order valence-electron chi connectivity index (χ2n) is 6.49. The highest BCUT2D eigenvalue weighted by Crippen LogP contribution is 2.29. The zero-order chi connectivity index (χ0) is 15.8. The molecule has 22 heavy (non-hydrogen) atoms. The van der Waals surface area contributed by atoms with E-state index in [1.165, 1.54) is 0 Å². The number of ether oxygens (including phenoxy) is 2. The van der Waals surface area contributed by atoms with Gasteiger partial charge in [-0.25, -0.2) is 0 Å². The minimum atomic E-state index is -0.608. The van der Waals surface area contributed by atoms with Crippen molar-refractivity contribution >= 4 is 5.96 Å². The maximum absolute atomic E-state index is 10.4. The molecule has 0 spiro atoms. The zero-order valence-corrected chi connectivity index (χ0v) is 13.9. The number of rotatable bonds is 7. The van der Waals surface area contributed by atoms with Gasteiger partial charge in [0.25, 0.3) is 0 Å². The molecule has 2 unspecified atom stereocenters. The van der Waals surface area contributed by atoms with E-state index in [1.807, 2.05) is 6.92 Å². The van der Waals surface area contributed by atoms with Crippen LogP contribution in [0.2, 0.25) is 0 Å². The van der Waals surface area contributed by atoms with Crippen molar-refractivity contribution in [3.63, 3.8) is 0 Å². The molecule has 1 saturated heterocycles. The van der Waals surface area contributed by atoms with Crippen molar-refractivity contribution in [2.45, 2.75) is 63.7 Å². The predicted molar refractivity (Wildman–Crippen MR) is 87.2 cm³/mol. The number of hydrogen-bond donors (Lipinski definition) is 3. The minimum absolute atomic E-state index is 0.164. The van der Waals surface area contributed by atoms with Crippen molar-refractivity contribution in [2.75, 3.05) is 32.9 Å². The van der Waals surface area contributed by atoms with Gasteiger partial charge in [0.1, 0.15) is 0 Å². The van der Waals surface area contributed by atoms with Crippen LogP contribution in [0, 0.1) is 0 Å². The van der Waals surface area contributed by atoms with E-state index >= 15 is 0 Å². The van der Waals surface area contributed by atoms with Gasteiger partial charge in [-0.1, -0.05) is 12.8 Å². The van der Waals surface area contributed by atoms with Crippen LogP contribution in [0.4, 0.5) is 0 Å². The van der Waals surface area contributed by atoms with Gasteiger partial charge in [-0.2, -0.15) is 0 Å². The van der Waals surface area contributed by atoms with E-state index < -0.39 is 5.60 Å². The Hall–Kier alpha value is -0.850. The highest BCUT2D eigenvalue weighted by molar-refractivity contribution is 5.80. The summed E-state index contributed by atoms with van der Waals surface area (Å²) in [6.07, 6.45) is 5.12. The summed E-state index contributed by atoms with van der Waals surface area (Å²) >= 11 is 0. The number of aliphatic hydroxyl groups is 1. The molecule has 2 atom stereocenters. The van der Waals surface area contributed by atoms with E-state index in [0.29, 0.717) is 19.8 Å². The summed E-state index contributed by atoms with van der Waals surface area (Å²) in [5, 5.41) is 17.0. The molecule has 0 aromatic carbocycles. The number of nitrogens with one attached hydrogen (secondary N) is 2. The molecule has 2 aliphatic rings. The second-order valence-corrected chi connectivity index (χ2v) is 6.49. The molecular formula is C16H31N3O3. The van der Waals surface area contributed by atoms with E-state index in [2.05, 4.69) is 22.5 Å². The normalized spacial score (nSPS) is 26.1. The Morgan fingerprint density at radius 1 is 1.45 bits per heavy atom. The van der Waals surface area contributed by atoms with Gasteiger partial charge in [0, 0.05) is 19.2 Å². The lowest BCUT2D eigenvalue weighted by Crippen LogP contribution is -2.45. The molecule has 6 nitrogen and oxygen atoms in total. The first-order chi connectivity index (χ1) is 10.6. The van der Waals surface area contributed by atoms with E-state index in [1.54, 1.807) is 0 Å². The van der Waals surface area contributed by atoms with Crippen LogP contribution < -0.4 is 10.6 Å². The van der Waals surface area contributed by atoms with E-state index in [-0.39, 0.29) is 12.1 Å². The standard InChI is InChI=1S/C16H31N3O3/c1-3-17-15(18-12-16(20)7-4-5-8-16)19-13(2)10-22-14-6-9-21-11-14/h13-14,20H,3-12H2,1-2H3,(H2,17,18,19). The van der Waals surface area contributed by atoms with Gasteiger partial charge in [-0.05, 0) is 33.1 Å². The Morgan fingerprint density at radius 2 is 2.23 bits per heavy atom. The molecule has 3 N–H and O–H groups in total. The molecule has 0 aromatic heterocycles. The van der Waals surface area contributed by atoms with E-state index in [9.17, 15) is 5.11 Å². The number of aliphatic imine (C=N–C) groups is 1. The molecule has 1 heterocycles. The summed E-state index contributed by atoms with van der Waals surface area (Å²) in [7, 11) is 0. The lowest BCUT2D eigenvalue weighted by Gasteiger charge is -2.22. The fourth-order valence-corrected chi connectivity index (χ4v) is 2.94. The summed E-state index contributed by atoms with van der Waals surface area (Å²) in [6.45, 7) is 7.51. The Balaban J connectivity index is 1.76. The van der Waals surface area contributed by atoms with Gasteiger partial charge in [-0.15, -0.1) is 0 Å². The SMILES string of the molecule is CCNC(=NCC1(O)CCCC1)NC(C)COC1CCOC1.